The summed E-state index contributed by atoms with van der Waals surface area (Å²) in [4.78, 5) is 12.2. The minimum atomic E-state index is -3.65. The van der Waals surface area contributed by atoms with E-state index in [9.17, 15) is 13.2 Å². The third-order valence-corrected chi connectivity index (χ3v) is 6.14. The molecule has 30 heavy (non-hydrogen) atoms. The summed E-state index contributed by atoms with van der Waals surface area (Å²) in [5, 5.41) is 6.78. The molecular weight excluding hydrogens is 406 g/mol. The van der Waals surface area contributed by atoms with Gasteiger partial charge < -0.3 is 14.3 Å². The SMILES string of the molecule is Cc1noc(C=Cc2ccc(S(=O)(=O)NCc3ccco3)cc2)c1NC(=O)C1CC1. The first kappa shape index (κ1) is 20.1. The zero-order valence-corrected chi connectivity index (χ0v) is 17.1. The summed E-state index contributed by atoms with van der Waals surface area (Å²) < 4.78 is 37.7. The Hall–Kier alpha value is -3.17. The van der Waals surface area contributed by atoms with Crippen molar-refractivity contribution in [2.45, 2.75) is 31.2 Å². The lowest BCUT2D eigenvalue weighted by atomic mass is 10.2. The number of nitrogens with zero attached hydrogens (tertiary/aromatic N) is 1. The zero-order valence-electron chi connectivity index (χ0n) is 16.3. The second-order valence-electron chi connectivity index (χ2n) is 7.08. The highest BCUT2D eigenvalue weighted by atomic mass is 32.2. The Labute approximate surface area is 174 Å². The van der Waals surface area contributed by atoms with Crippen LogP contribution < -0.4 is 10.0 Å². The molecule has 0 radical (unpaired) electrons. The lowest BCUT2D eigenvalue weighted by Gasteiger charge is -2.05. The number of sulfonamides is 1. The number of rotatable bonds is 8. The molecule has 0 aliphatic heterocycles. The normalized spacial score (nSPS) is 14.3. The molecule has 9 heteroatoms. The number of aryl methyl sites for hydroxylation is 1. The Balaban J connectivity index is 1.43. The predicted octanol–water partition coefficient (Wildman–Crippen LogP) is 3.57. The smallest absolute Gasteiger partial charge is 0.240 e. The number of hydrogen-bond acceptors (Lipinski definition) is 6. The van der Waals surface area contributed by atoms with Crippen LogP contribution in [0.2, 0.25) is 0 Å². The highest BCUT2D eigenvalue weighted by Crippen LogP contribution is 2.32. The molecule has 4 rings (SSSR count). The van der Waals surface area contributed by atoms with Gasteiger partial charge in [0.15, 0.2) is 5.76 Å². The number of nitrogens with one attached hydrogen (secondary N) is 2. The number of amides is 1. The Morgan fingerprint density at radius 2 is 1.97 bits per heavy atom. The molecule has 156 valence electrons. The molecule has 2 aromatic heterocycles. The van der Waals surface area contributed by atoms with Gasteiger partial charge in [-0.15, -0.1) is 0 Å². The van der Waals surface area contributed by atoms with Crippen LogP contribution in [0.5, 0.6) is 0 Å². The number of hydrogen-bond donors (Lipinski definition) is 2. The Morgan fingerprint density at radius 3 is 2.63 bits per heavy atom. The van der Waals surface area contributed by atoms with Gasteiger partial charge in [0.05, 0.1) is 17.7 Å². The lowest BCUT2D eigenvalue weighted by molar-refractivity contribution is -0.117. The van der Waals surface area contributed by atoms with Crippen LogP contribution in [0.15, 0.2) is 56.5 Å². The summed E-state index contributed by atoms with van der Waals surface area (Å²) in [6, 6.07) is 9.80. The number of benzene rings is 1. The average Bonchev–Trinajstić information content (AvgIpc) is 3.36. The standard InChI is InChI=1S/C21H21N3O5S/c1-14-20(23-21(25)16-7-8-16)19(29-24-14)11-6-15-4-9-18(10-5-15)30(26,27)22-13-17-3-2-12-28-17/h2-6,9-12,16,22H,7-8,13H2,1H3,(H,23,25). The van der Waals surface area contributed by atoms with Crippen LogP contribution >= 0.6 is 0 Å². The molecule has 1 saturated carbocycles. The fourth-order valence-corrected chi connectivity index (χ4v) is 3.81. The molecule has 1 aliphatic rings. The molecule has 1 fully saturated rings. The van der Waals surface area contributed by atoms with Gasteiger partial charge in [0.1, 0.15) is 17.1 Å². The first-order chi connectivity index (χ1) is 14.4. The van der Waals surface area contributed by atoms with Crippen molar-refractivity contribution in [3.63, 3.8) is 0 Å². The van der Waals surface area contributed by atoms with Gasteiger partial charge in [0.25, 0.3) is 0 Å². The molecule has 2 heterocycles. The van der Waals surface area contributed by atoms with Gasteiger partial charge in [-0.25, -0.2) is 13.1 Å². The molecule has 1 aliphatic carbocycles. The van der Waals surface area contributed by atoms with Crippen molar-refractivity contribution < 1.29 is 22.2 Å². The van der Waals surface area contributed by atoms with E-state index in [0.29, 0.717) is 22.9 Å². The molecule has 8 nitrogen and oxygen atoms in total. The summed E-state index contributed by atoms with van der Waals surface area (Å²) in [7, 11) is -3.65. The Kier molecular flexibility index (Phi) is 5.56. The summed E-state index contributed by atoms with van der Waals surface area (Å²) in [6.45, 7) is 1.84. The quantitative estimate of drug-likeness (QED) is 0.568. The van der Waals surface area contributed by atoms with E-state index in [1.165, 1.54) is 18.4 Å². The molecule has 0 unspecified atom stereocenters. The van der Waals surface area contributed by atoms with Gasteiger partial charge in [-0.2, -0.15) is 0 Å². The molecule has 0 atom stereocenters. The maximum Gasteiger partial charge on any atom is 0.240 e. The van der Waals surface area contributed by atoms with Gasteiger partial charge in [-0.05, 0) is 55.7 Å². The molecule has 3 aromatic rings. The number of carbonyl (C=O) groups excluding carboxylic acids is 1. The number of carbonyl (C=O) groups is 1. The Morgan fingerprint density at radius 1 is 1.20 bits per heavy atom. The van der Waals surface area contributed by atoms with Crippen LogP contribution in [-0.2, 0) is 21.4 Å². The number of aromatic nitrogens is 1. The maximum atomic E-state index is 12.4. The molecule has 0 bridgehead atoms. The molecule has 0 saturated heterocycles. The molecule has 0 spiro atoms. The van der Waals surface area contributed by atoms with Crippen molar-refractivity contribution in [3.8, 4) is 0 Å². The highest BCUT2D eigenvalue weighted by molar-refractivity contribution is 7.89. The fraction of sp³-hybridized carbons (Fsp3) is 0.238. The van der Waals surface area contributed by atoms with Crippen LogP contribution in [0.3, 0.4) is 0 Å². The topological polar surface area (TPSA) is 114 Å². The van der Waals surface area contributed by atoms with E-state index in [1.807, 2.05) is 0 Å². The minimum absolute atomic E-state index is 0.0208. The second kappa shape index (κ2) is 8.29. The van der Waals surface area contributed by atoms with E-state index in [2.05, 4.69) is 15.2 Å². The predicted molar refractivity (Wildman–Crippen MR) is 111 cm³/mol. The van der Waals surface area contributed by atoms with E-state index in [1.54, 1.807) is 43.3 Å². The average molecular weight is 427 g/mol. The zero-order chi connectivity index (χ0) is 21.1. The second-order valence-corrected chi connectivity index (χ2v) is 8.84. The maximum absolute atomic E-state index is 12.4. The van der Waals surface area contributed by atoms with Crippen LogP contribution in [-0.4, -0.2) is 19.5 Å². The monoisotopic (exact) mass is 427 g/mol. The summed E-state index contributed by atoms with van der Waals surface area (Å²) in [5.74, 6) is 1.03. The van der Waals surface area contributed by atoms with Gasteiger partial charge in [-0.3, -0.25) is 4.79 Å². The van der Waals surface area contributed by atoms with Crippen LogP contribution in [0.4, 0.5) is 5.69 Å². The minimum Gasteiger partial charge on any atom is -0.468 e. The third kappa shape index (κ3) is 4.69. The van der Waals surface area contributed by atoms with Gasteiger partial charge in [0, 0.05) is 5.92 Å². The van der Waals surface area contributed by atoms with Crippen molar-refractivity contribution in [2.24, 2.45) is 5.92 Å². The molecule has 1 aromatic carbocycles. The van der Waals surface area contributed by atoms with Crippen molar-refractivity contribution in [3.05, 3.63) is 65.4 Å². The summed E-state index contributed by atoms with van der Waals surface area (Å²) in [5.41, 5.74) is 1.94. The number of anilines is 1. The first-order valence-corrected chi connectivity index (χ1v) is 11.0. The first-order valence-electron chi connectivity index (χ1n) is 9.50. The summed E-state index contributed by atoms with van der Waals surface area (Å²) in [6.07, 6.45) is 6.77. The van der Waals surface area contributed by atoms with Gasteiger partial charge in [-0.1, -0.05) is 23.4 Å². The van der Waals surface area contributed by atoms with E-state index < -0.39 is 10.0 Å². The third-order valence-electron chi connectivity index (χ3n) is 4.72. The van der Waals surface area contributed by atoms with E-state index in [0.717, 1.165) is 18.4 Å². The van der Waals surface area contributed by atoms with Crippen LogP contribution in [0.25, 0.3) is 12.2 Å². The largest absolute Gasteiger partial charge is 0.468 e. The van der Waals surface area contributed by atoms with Crippen molar-refractivity contribution >= 4 is 33.8 Å². The molecular formula is C21H21N3O5S. The van der Waals surface area contributed by atoms with Gasteiger partial charge >= 0.3 is 0 Å². The van der Waals surface area contributed by atoms with E-state index in [-0.39, 0.29) is 23.3 Å². The highest BCUT2D eigenvalue weighted by Gasteiger charge is 2.30. The van der Waals surface area contributed by atoms with Crippen LogP contribution in [0.1, 0.15) is 35.6 Å². The fourth-order valence-electron chi connectivity index (χ4n) is 2.82. The van der Waals surface area contributed by atoms with E-state index in [4.69, 9.17) is 8.94 Å². The molecule has 2 N–H and O–H groups in total. The summed E-state index contributed by atoms with van der Waals surface area (Å²) >= 11 is 0. The lowest BCUT2D eigenvalue weighted by Crippen LogP contribution is -2.22. The van der Waals surface area contributed by atoms with E-state index >= 15 is 0 Å². The van der Waals surface area contributed by atoms with Crippen molar-refractivity contribution in [2.75, 3.05) is 5.32 Å². The van der Waals surface area contributed by atoms with Crippen molar-refractivity contribution in [1.82, 2.24) is 9.88 Å². The molecule has 1 amide bonds. The van der Waals surface area contributed by atoms with Crippen LogP contribution in [0, 0.1) is 12.8 Å². The van der Waals surface area contributed by atoms with Crippen molar-refractivity contribution in [1.29, 1.82) is 0 Å². The van der Waals surface area contributed by atoms with Gasteiger partial charge in [0.2, 0.25) is 15.9 Å². The Bertz CT molecular complexity index is 1160. The number of furan rings is 1.